The van der Waals surface area contributed by atoms with Gasteiger partial charge in [-0.05, 0) is 19.3 Å². The number of amides is 2. The van der Waals surface area contributed by atoms with Crippen LogP contribution in [0, 0.1) is 5.92 Å². The maximum absolute atomic E-state index is 11.6. The van der Waals surface area contributed by atoms with Crippen LogP contribution >= 0.6 is 0 Å². The lowest BCUT2D eigenvalue weighted by atomic mass is 10.1. The van der Waals surface area contributed by atoms with Gasteiger partial charge in [-0.25, -0.2) is 9.59 Å². The molecule has 0 saturated carbocycles. The third kappa shape index (κ3) is 7.89. The Morgan fingerprint density at radius 3 is 2.28 bits per heavy atom. The van der Waals surface area contributed by atoms with Crippen LogP contribution < -0.4 is 10.6 Å². The van der Waals surface area contributed by atoms with Gasteiger partial charge in [-0.2, -0.15) is 0 Å². The summed E-state index contributed by atoms with van der Waals surface area (Å²) in [5.41, 5.74) is 0. The quantitative estimate of drug-likeness (QED) is 0.612. The number of aliphatic carboxylic acids is 1. The zero-order valence-electron chi connectivity index (χ0n) is 11.5. The Morgan fingerprint density at radius 1 is 1.22 bits per heavy atom. The fraction of sp³-hybridized carbons (Fsp3) is 0.833. The van der Waals surface area contributed by atoms with Gasteiger partial charge in [0.05, 0.1) is 0 Å². The standard InChI is InChI=1S/C12H24N2O4/c1-8(2)7-9(3)13-12(17)14-10(11(15)16)5-6-18-4/h8-10H,5-7H2,1-4H3,(H,15,16)(H2,13,14,17). The van der Waals surface area contributed by atoms with Crippen LogP contribution in [0.3, 0.4) is 0 Å². The molecule has 2 amide bonds. The van der Waals surface area contributed by atoms with Crippen LogP contribution in [0.15, 0.2) is 0 Å². The first-order chi connectivity index (χ1) is 8.36. The van der Waals surface area contributed by atoms with Crippen molar-refractivity contribution in [3.63, 3.8) is 0 Å². The molecular formula is C12H24N2O4. The van der Waals surface area contributed by atoms with Crippen molar-refractivity contribution in [1.29, 1.82) is 0 Å². The Kier molecular flexibility index (Phi) is 8.11. The lowest BCUT2D eigenvalue weighted by Crippen LogP contribution is -2.49. The van der Waals surface area contributed by atoms with Gasteiger partial charge in [0.25, 0.3) is 0 Å². The van der Waals surface area contributed by atoms with E-state index >= 15 is 0 Å². The summed E-state index contributed by atoms with van der Waals surface area (Å²) in [6, 6.07) is -1.36. The van der Waals surface area contributed by atoms with Gasteiger partial charge in [0.1, 0.15) is 6.04 Å². The number of urea groups is 1. The largest absolute Gasteiger partial charge is 0.480 e. The minimum absolute atomic E-state index is 0.0156. The number of methoxy groups -OCH3 is 1. The molecule has 0 saturated heterocycles. The van der Waals surface area contributed by atoms with Gasteiger partial charge in [0, 0.05) is 26.2 Å². The first-order valence-electron chi connectivity index (χ1n) is 6.15. The van der Waals surface area contributed by atoms with Crippen LogP contribution in [0.2, 0.25) is 0 Å². The molecule has 6 nitrogen and oxygen atoms in total. The Labute approximate surface area is 108 Å². The molecule has 0 spiro atoms. The van der Waals surface area contributed by atoms with Crippen molar-refractivity contribution in [2.24, 2.45) is 5.92 Å². The van der Waals surface area contributed by atoms with E-state index in [1.54, 1.807) is 0 Å². The summed E-state index contributed by atoms with van der Waals surface area (Å²) in [4.78, 5) is 22.5. The molecule has 18 heavy (non-hydrogen) atoms. The Balaban J connectivity index is 4.12. The Hall–Kier alpha value is -1.30. The molecule has 0 aliphatic heterocycles. The highest BCUT2D eigenvalue weighted by Gasteiger charge is 2.20. The highest BCUT2D eigenvalue weighted by Crippen LogP contribution is 2.03. The van der Waals surface area contributed by atoms with Crippen LogP contribution in [0.4, 0.5) is 4.79 Å². The number of carboxylic acids is 1. The monoisotopic (exact) mass is 260 g/mol. The molecule has 0 bridgehead atoms. The summed E-state index contributed by atoms with van der Waals surface area (Å²) in [6.45, 7) is 6.31. The van der Waals surface area contributed by atoms with Crippen molar-refractivity contribution >= 4 is 12.0 Å². The third-order valence-corrected chi connectivity index (χ3v) is 2.42. The highest BCUT2D eigenvalue weighted by molar-refractivity contribution is 5.82. The summed E-state index contributed by atoms with van der Waals surface area (Å²) in [7, 11) is 1.49. The average Bonchev–Trinajstić information content (AvgIpc) is 2.22. The van der Waals surface area contributed by atoms with E-state index in [-0.39, 0.29) is 12.5 Å². The van der Waals surface area contributed by atoms with Crippen molar-refractivity contribution in [2.45, 2.75) is 45.7 Å². The van der Waals surface area contributed by atoms with Crippen LogP contribution in [-0.2, 0) is 9.53 Å². The fourth-order valence-corrected chi connectivity index (χ4v) is 1.68. The van der Waals surface area contributed by atoms with Crippen LogP contribution in [-0.4, -0.2) is 42.9 Å². The van der Waals surface area contributed by atoms with Crippen molar-refractivity contribution in [3.05, 3.63) is 0 Å². The normalized spacial score (nSPS) is 14.1. The molecule has 0 heterocycles. The van der Waals surface area contributed by atoms with Crippen molar-refractivity contribution < 1.29 is 19.4 Å². The Morgan fingerprint density at radius 2 is 1.83 bits per heavy atom. The third-order valence-electron chi connectivity index (χ3n) is 2.42. The van der Waals surface area contributed by atoms with E-state index in [9.17, 15) is 9.59 Å². The molecule has 2 atom stereocenters. The summed E-state index contributed by atoms with van der Waals surface area (Å²) < 4.78 is 4.80. The van der Waals surface area contributed by atoms with Crippen LogP contribution in [0.25, 0.3) is 0 Å². The minimum atomic E-state index is -1.06. The number of carbonyl (C=O) groups excluding carboxylic acids is 1. The second-order valence-electron chi connectivity index (χ2n) is 4.82. The van der Waals surface area contributed by atoms with Gasteiger partial charge in [0.15, 0.2) is 0 Å². The lowest BCUT2D eigenvalue weighted by Gasteiger charge is -2.19. The van der Waals surface area contributed by atoms with Gasteiger partial charge >= 0.3 is 12.0 Å². The topological polar surface area (TPSA) is 87.7 Å². The maximum Gasteiger partial charge on any atom is 0.326 e. The number of hydrogen-bond donors (Lipinski definition) is 3. The second kappa shape index (κ2) is 8.74. The van der Waals surface area contributed by atoms with Crippen LogP contribution in [0.5, 0.6) is 0 Å². The summed E-state index contributed by atoms with van der Waals surface area (Å²) >= 11 is 0. The van der Waals surface area contributed by atoms with Gasteiger partial charge < -0.3 is 20.5 Å². The number of carbonyl (C=O) groups is 2. The molecule has 0 aromatic carbocycles. The number of hydrogen-bond acceptors (Lipinski definition) is 3. The van der Waals surface area contributed by atoms with Gasteiger partial charge in [-0.1, -0.05) is 13.8 Å². The molecule has 0 radical (unpaired) electrons. The first kappa shape index (κ1) is 16.7. The number of rotatable bonds is 8. The number of ether oxygens (including phenoxy) is 1. The van der Waals surface area contributed by atoms with E-state index < -0.39 is 18.0 Å². The van der Waals surface area contributed by atoms with E-state index in [1.165, 1.54) is 7.11 Å². The van der Waals surface area contributed by atoms with Gasteiger partial charge in [-0.15, -0.1) is 0 Å². The number of carboxylic acid groups (broad SMARTS) is 1. The predicted molar refractivity (Wildman–Crippen MR) is 68.5 cm³/mol. The fourth-order valence-electron chi connectivity index (χ4n) is 1.68. The van der Waals surface area contributed by atoms with Crippen molar-refractivity contribution in [2.75, 3.05) is 13.7 Å². The van der Waals surface area contributed by atoms with Gasteiger partial charge in [0.2, 0.25) is 0 Å². The zero-order valence-corrected chi connectivity index (χ0v) is 11.5. The summed E-state index contributed by atoms with van der Waals surface area (Å²) in [6.07, 6.45) is 1.10. The highest BCUT2D eigenvalue weighted by atomic mass is 16.5. The Bertz CT molecular complexity index is 269. The molecule has 0 fully saturated rings. The second-order valence-corrected chi connectivity index (χ2v) is 4.82. The summed E-state index contributed by atoms with van der Waals surface area (Å²) in [5.74, 6) is -0.581. The first-order valence-corrected chi connectivity index (χ1v) is 6.15. The van der Waals surface area contributed by atoms with E-state index in [0.717, 1.165) is 6.42 Å². The van der Waals surface area contributed by atoms with Crippen molar-refractivity contribution in [3.8, 4) is 0 Å². The molecule has 0 aromatic rings. The predicted octanol–water partition coefficient (Wildman–Crippen LogP) is 1.21. The molecule has 0 rings (SSSR count). The number of nitrogens with one attached hydrogen (secondary N) is 2. The molecule has 106 valence electrons. The summed E-state index contributed by atoms with van der Waals surface area (Å²) in [5, 5.41) is 14.1. The van der Waals surface area contributed by atoms with E-state index in [0.29, 0.717) is 12.5 Å². The average molecular weight is 260 g/mol. The van der Waals surface area contributed by atoms with Gasteiger partial charge in [-0.3, -0.25) is 0 Å². The molecule has 0 aromatic heterocycles. The molecular weight excluding hydrogens is 236 g/mol. The zero-order chi connectivity index (χ0) is 14.1. The maximum atomic E-state index is 11.6. The van der Waals surface area contributed by atoms with E-state index in [4.69, 9.17) is 9.84 Å². The minimum Gasteiger partial charge on any atom is -0.480 e. The molecule has 6 heteroatoms. The van der Waals surface area contributed by atoms with Crippen LogP contribution in [0.1, 0.15) is 33.6 Å². The van der Waals surface area contributed by atoms with E-state index in [1.807, 2.05) is 6.92 Å². The smallest absolute Gasteiger partial charge is 0.326 e. The molecule has 2 unspecified atom stereocenters. The molecule has 0 aliphatic carbocycles. The van der Waals surface area contributed by atoms with Crippen molar-refractivity contribution in [1.82, 2.24) is 10.6 Å². The molecule has 0 aliphatic rings. The lowest BCUT2D eigenvalue weighted by molar-refractivity contribution is -0.139. The molecule has 3 N–H and O–H groups in total. The van der Waals surface area contributed by atoms with E-state index in [2.05, 4.69) is 24.5 Å². The SMILES string of the molecule is COCCC(NC(=O)NC(C)CC(C)C)C(=O)O.